The van der Waals surface area contributed by atoms with Crippen molar-refractivity contribution in [2.24, 2.45) is 0 Å². The van der Waals surface area contributed by atoms with Gasteiger partial charge in [0.25, 0.3) is 10.2 Å². The summed E-state index contributed by atoms with van der Waals surface area (Å²) in [6.07, 6.45) is 4.40. The summed E-state index contributed by atoms with van der Waals surface area (Å²) < 4.78 is 39.7. The molecule has 2 aliphatic heterocycles. The molecule has 2 aliphatic rings. The lowest BCUT2D eigenvalue weighted by Gasteiger charge is -2.33. The third kappa shape index (κ3) is 4.62. The maximum absolute atomic E-state index is 12.7. The van der Waals surface area contributed by atoms with E-state index in [9.17, 15) is 8.42 Å². The number of nitrogens with zero attached hydrogens (tertiary/aromatic N) is 2. The summed E-state index contributed by atoms with van der Waals surface area (Å²) in [5.41, 5.74) is 0. The van der Waals surface area contributed by atoms with Crippen LogP contribution in [0.5, 0.6) is 0 Å². The van der Waals surface area contributed by atoms with Crippen LogP contribution in [0.15, 0.2) is 0 Å². The Labute approximate surface area is 134 Å². The summed E-state index contributed by atoms with van der Waals surface area (Å²) in [4.78, 5) is 2.42. The summed E-state index contributed by atoms with van der Waals surface area (Å²) in [6.45, 7) is 3.54. The van der Waals surface area contributed by atoms with E-state index in [4.69, 9.17) is 9.47 Å². The maximum Gasteiger partial charge on any atom is 0.279 e. The van der Waals surface area contributed by atoms with Gasteiger partial charge in [-0.3, -0.25) is 4.90 Å². The average Bonchev–Trinajstić information content (AvgIpc) is 2.90. The maximum atomic E-state index is 12.7. The van der Waals surface area contributed by atoms with Gasteiger partial charge in [0.2, 0.25) is 0 Å². The Morgan fingerprint density at radius 1 is 1.09 bits per heavy atom. The lowest BCUT2D eigenvalue weighted by Crippen LogP contribution is -2.52. The van der Waals surface area contributed by atoms with E-state index in [2.05, 4.69) is 9.62 Å². The smallest absolute Gasteiger partial charge is 0.279 e. The summed E-state index contributed by atoms with van der Waals surface area (Å²) >= 11 is 0. The molecule has 0 aromatic rings. The first kappa shape index (κ1) is 18.1. The minimum atomic E-state index is -3.50. The minimum absolute atomic E-state index is 0.0258. The first-order chi connectivity index (χ1) is 10.6. The fourth-order valence-electron chi connectivity index (χ4n) is 3.39. The molecule has 2 rings (SSSR count). The fourth-order valence-corrected chi connectivity index (χ4v) is 4.83. The predicted octanol–water partition coefficient (Wildman–Crippen LogP) is 0.0424. The molecule has 0 aromatic heterocycles. The molecule has 0 unspecified atom stereocenters. The number of methoxy groups -OCH3 is 2. The van der Waals surface area contributed by atoms with Crippen LogP contribution in [0.4, 0.5) is 0 Å². The number of rotatable bonds is 9. The van der Waals surface area contributed by atoms with E-state index in [0.717, 1.165) is 25.9 Å². The van der Waals surface area contributed by atoms with Crippen molar-refractivity contribution in [3.05, 3.63) is 0 Å². The molecule has 0 aromatic carbocycles. The van der Waals surface area contributed by atoms with Crippen molar-refractivity contribution in [3.8, 4) is 0 Å². The third-order valence-electron chi connectivity index (χ3n) is 4.59. The van der Waals surface area contributed by atoms with Crippen molar-refractivity contribution < 1.29 is 17.9 Å². The van der Waals surface area contributed by atoms with E-state index >= 15 is 0 Å². The zero-order valence-corrected chi connectivity index (χ0v) is 14.5. The van der Waals surface area contributed by atoms with E-state index < -0.39 is 10.2 Å². The number of ether oxygens (including phenoxy) is 2. The highest BCUT2D eigenvalue weighted by Crippen LogP contribution is 2.27. The van der Waals surface area contributed by atoms with E-state index in [0.29, 0.717) is 32.3 Å². The number of piperidine rings is 1. The molecule has 2 fully saturated rings. The number of hydrogen-bond acceptors (Lipinski definition) is 5. The van der Waals surface area contributed by atoms with Gasteiger partial charge in [-0.15, -0.1) is 0 Å². The molecule has 0 aliphatic carbocycles. The van der Waals surface area contributed by atoms with Crippen molar-refractivity contribution in [2.75, 3.05) is 53.6 Å². The summed E-state index contributed by atoms with van der Waals surface area (Å²) in [5.74, 6) is 0. The van der Waals surface area contributed by atoms with Crippen molar-refractivity contribution in [3.63, 3.8) is 0 Å². The number of nitrogens with one attached hydrogen (secondary N) is 1. The molecule has 8 heteroatoms. The second-order valence-electron chi connectivity index (χ2n) is 6.00. The van der Waals surface area contributed by atoms with Crippen LogP contribution in [0.25, 0.3) is 0 Å². The Kier molecular flexibility index (Phi) is 7.04. The molecule has 7 nitrogen and oxygen atoms in total. The molecule has 2 heterocycles. The van der Waals surface area contributed by atoms with Crippen LogP contribution >= 0.6 is 0 Å². The molecule has 0 radical (unpaired) electrons. The topological polar surface area (TPSA) is 71.1 Å². The van der Waals surface area contributed by atoms with Crippen LogP contribution in [-0.2, 0) is 19.7 Å². The largest absolute Gasteiger partial charge is 0.383 e. The second kappa shape index (κ2) is 8.56. The Hall–Kier alpha value is -0.250. The second-order valence-corrected chi connectivity index (χ2v) is 7.70. The monoisotopic (exact) mass is 335 g/mol. The van der Waals surface area contributed by atoms with Gasteiger partial charge in [0.15, 0.2) is 0 Å². The Balaban J connectivity index is 1.97. The normalized spacial score (nSPS) is 26.5. The number of hydrogen-bond donors (Lipinski definition) is 1. The quantitative estimate of drug-likeness (QED) is 0.644. The van der Waals surface area contributed by atoms with Gasteiger partial charge in [-0.2, -0.15) is 17.4 Å². The zero-order valence-electron chi connectivity index (χ0n) is 13.7. The van der Waals surface area contributed by atoms with Crippen molar-refractivity contribution >= 4 is 10.2 Å². The van der Waals surface area contributed by atoms with E-state index in [1.165, 1.54) is 17.1 Å². The van der Waals surface area contributed by atoms with E-state index in [1.54, 1.807) is 14.2 Å². The van der Waals surface area contributed by atoms with Crippen LogP contribution < -0.4 is 4.72 Å². The van der Waals surface area contributed by atoms with Gasteiger partial charge >= 0.3 is 0 Å². The Bertz CT molecular complexity index is 424. The van der Waals surface area contributed by atoms with Crippen LogP contribution in [0.2, 0.25) is 0 Å². The van der Waals surface area contributed by atoms with Gasteiger partial charge in [-0.25, -0.2) is 0 Å². The fraction of sp³-hybridized carbons (Fsp3) is 1.00. The first-order valence-electron chi connectivity index (χ1n) is 8.08. The SMILES string of the molecule is COCCN(CCOC)S(=O)(=O)N[C@H]1CCN2CCCC[C@@H]12. The number of fused-ring (bicyclic) bond motifs is 1. The molecule has 0 bridgehead atoms. The van der Waals surface area contributed by atoms with Crippen LogP contribution in [0, 0.1) is 0 Å². The molecule has 2 saturated heterocycles. The van der Waals surface area contributed by atoms with Crippen LogP contribution in [-0.4, -0.2) is 83.3 Å². The summed E-state index contributed by atoms with van der Waals surface area (Å²) in [5, 5.41) is 0. The van der Waals surface area contributed by atoms with Gasteiger partial charge in [0, 0.05) is 45.9 Å². The van der Waals surface area contributed by atoms with Gasteiger partial charge in [-0.05, 0) is 25.8 Å². The molecule has 1 N–H and O–H groups in total. The van der Waals surface area contributed by atoms with Crippen molar-refractivity contribution in [1.82, 2.24) is 13.9 Å². The highest BCUT2D eigenvalue weighted by molar-refractivity contribution is 7.87. The van der Waals surface area contributed by atoms with Gasteiger partial charge < -0.3 is 9.47 Å². The predicted molar refractivity (Wildman–Crippen MR) is 85.0 cm³/mol. The van der Waals surface area contributed by atoms with E-state index in [1.807, 2.05) is 0 Å². The van der Waals surface area contributed by atoms with Crippen molar-refractivity contribution in [2.45, 2.75) is 37.8 Å². The molecular weight excluding hydrogens is 306 g/mol. The summed E-state index contributed by atoms with van der Waals surface area (Å²) in [7, 11) is -0.355. The molecule has 2 atom stereocenters. The third-order valence-corrected chi connectivity index (χ3v) is 6.23. The highest BCUT2D eigenvalue weighted by atomic mass is 32.2. The molecular formula is C14H29N3O4S. The Morgan fingerprint density at radius 2 is 1.77 bits per heavy atom. The van der Waals surface area contributed by atoms with Gasteiger partial charge in [0.05, 0.1) is 13.2 Å². The molecule has 0 amide bonds. The zero-order chi connectivity index (χ0) is 16.0. The van der Waals surface area contributed by atoms with Gasteiger partial charge in [0.1, 0.15) is 0 Å². The van der Waals surface area contributed by atoms with Gasteiger partial charge in [-0.1, -0.05) is 6.42 Å². The molecule has 0 spiro atoms. The molecule has 22 heavy (non-hydrogen) atoms. The minimum Gasteiger partial charge on any atom is -0.383 e. The lowest BCUT2D eigenvalue weighted by atomic mass is 10.00. The summed E-state index contributed by atoms with van der Waals surface area (Å²) in [6, 6.07) is 0.383. The molecule has 0 saturated carbocycles. The standard InChI is InChI=1S/C14H29N3O4S/c1-20-11-9-17(10-12-21-2)22(18,19)15-13-6-8-16-7-4-3-5-14(13)16/h13-15H,3-12H2,1-2H3/t13-,14-/m0/s1. The first-order valence-corrected chi connectivity index (χ1v) is 9.52. The molecule has 130 valence electrons. The van der Waals surface area contributed by atoms with Crippen LogP contribution in [0.1, 0.15) is 25.7 Å². The lowest BCUT2D eigenvalue weighted by molar-refractivity contribution is 0.148. The van der Waals surface area contributed by atoms with E-state index in [-0.39, 0.29) is 6.04 Å². The van der Waals surface area contributed by atoms with Crippen molar-refractivity contribution in [1.29, 1.82) is 0 Å². The Morgan fingerprint density at radius 3 is 2.41 bits per heavy atom. The highest BCUT2D eigenvalue weighted by Gasteiger charge is 2.38. The average molecular weight is 335 g/mol. The van der Waals surface area contributed by atoms with Crippen LogP contribution in [0.3, 0.4) is 0 Å².